The van der Waals surface area contributed by atoms with Crippen LogP contribution in [-0.2, 0) is 4.84 Å². The number of rotatable bonds is 2. The van der Waals surface area contributed by atoms with E-state index < -0.39 is 0 Å². The largest absolute Gasteiger partial charge is 0.392 e. The first kappa shape index (κ1) is 7.58. The van der Waals surface area contributed by atoms with Crippen molar-refractivity contribution in [2.24, 2.45) is 11.1 Å². The third-order valence-electron chi connectivity index (χ3n) is 1.61. The predicted octanol–water partition coefficient (Wildman–Crippen LogP) is 2.20. The Bertz CT molecular complexity index is 140. The summed E-state index contributed by atoms with van der Waals surface area (Å²) in [6, 6.07) is 0. The minimum Gasteiger partial charge on any atom is -0.392 e. The van der Waals surface area contributed by atoms with Crippen molar-refractivity contribution >= 4 is 5.71 Å². The van der Waals surface area contributed by atoms with E-state index in [4.69, 9.17) is 4.84 Å². The lowest BCUT2D eigenvalue weighted by atomic mass is 10.0. The van der Waals surface area contributed by atoms with Gasteiger partial charge in [0.15, 0.2) is 0 Å². The van der Waals surface area contributed by atoms with Crippen LogP contribution in [0.5, 0.6) is 0 Å². The summed E-state index contributed by atoms with van der Waals surface area (Å²) >= 11 is 0. The molecule has 0 saturated carbocycles. The van der Waals surface area contributed by atoms with Crippen LogP contribution in [-0.4, -0.2) is 11.8 Å². The molecule has 0 fully saturated rings. The molecule has 1 atom stereocenters. The monoisotopic (exact) mass is 141 g/mol. The van der Waals surface area contributed by atoms with Crippen molar-refractivity contribution in [2.75, 3.05) is 0 Å². The first-order valence-corrected chi connectivity index (χ1v) is 3.87. The number of hydrogen-bond donors (Lipinski definition) is 0. The molecule has 0 saturated heterocycles. The Labute approximate surface area is 62.3 Å². The second kappa shape index (κ2) is 3.04. The average molecular weight is 141 g/mol. The maximum Gasteiger partial charge on any atom is 0.133 e. The van der Waals surface area contributed by atoms with Crippen molar-refractivity contribution in [3.05, 3.63) is 0 Å². The summed E-state index contributed by atoms with van der Waals surface area (Å²) in [5.41, 5.74) is 1.13. The van der Waals surface area contributed by atoms with Gasteiger partial charge in [0.05, 0.1) is 5.71 Å². The molecule has 0 aromatic heterocycles. The Morgan fingerprint density at radius 3 is 2.80 bits per heavy atom. The minimum absolute atomic E-state index is 0.361. The van der Waals surface area contributed by atoms with Crippen molar-refractivity contribution in [1.29, 1.82) is 0 Å². The fourth-order valence-electron chi connectivity index (χ4n) is 1.22. The quantitative estimate of drug-likeness (QED) is 0.577. The van der Waals surface area contributed by atoms with Crippen LogP contribution in [0, 0.1) is 5.92 Å². The summed E-state index contributed by atoms with van der Waals surface area (Å²) < 4.78 is 0. The Balaban J connectivity index is 2.23. The topological polar surface area (TPSA) is 21.6 Å². The highest BCUT2D eigenvalue weighted by molar-refractivity contribution is 5.82. The fraction of sp³-hybridized carbons (Fsp3) is 0.875. The maximum atomic E-state index is 5.16. The van der Waals surface area contributed by atoms with Gasteiger partial charge in [0.25, 0.3) is 0 Å². The van der Waals surface area contributed by atoms with Crippen LogP contribution in [0.3, 0.4) is 0 Å². The van der Waals surface area contributed by atoms with E-state index in [2.05, 4.69) is 19.0 Å². The molecule has 0 aromatic rings. The SMILES string of the molecule is CC1=NOC(CC(C)C)C1. The van der Waals surface area contributed by atoms with Gasteiger partial charge < -0.3 is 4.84 Å². The zero-order valence-electron chi connectivity index (χ0n) is 6.92. The second-order valence-electron chi connectivity index (χ2n) is 3.39. The molecule has 0 N–H and O–H groups in total. The third kappa shape index (κ3) is 2.01. The molecule has 0 radical (unpaired) electrons. The minimum atomic E-state index is 0.361. The van der Waals surface area contributed by atoms with E-state index in [1.54, 1.807) is 0 Å². The summed E-state index contributed by atoms with van der Waals surface area (Å²) in [6.45, 7) is 6.42. The van der Waals surface area contributed by atoms with Crippen molar-refractivity contribution in [3.63, 3.8) is 0 Å². The molecular weight excluding hydrogens is 126 g/mol. The molecule has 0 aromatic carbocycles. The van der Waals surface area contributed by atoms with Gasteiger partial charge in [-0.1, -0.05) is 19.0 Å². The first-order chi connectivity index (χ1) is 4.68. The molecule has 58 valence electrons. The van der Waals surface area contributed by atoms with Gasteiger partial charge in [-0.15, -0.1) is 0 Å². The third-order valence-corrected chi connectivity index (χ3v) is 1.61. The molecule has 0 bridgehead atoms. The van der Waals surface area contributed by atoms with E-state index in [-0.39, 0.29) is 0 Å². The summed E-state index contributed by atoms with van der Waals surface area (Å²) in [4.78, 5) is 5.16. The van der Waals surface area contributed by atoms with Crippen molar-refractivity contribution in [1.82, 2.24) is 0 Å². The Morgan fingerprint density at radius 1 is 1.70 bits per heavy atom. The van der Waals surface area contributed by atoms with Gasteiger partial charge in [0.2, 0.25) is 0 Å². The van der Waals surface area contributed by atoms with E-state index >= 15 is 0 Å². The normalized spacial score (nSPS) is 24.8. The molecule has 10 heavy (non-hydrogen) atoms. The molecule has 1 unspecified atom stereocenters. The van der Waals surface area contributed by atoms with E-state index in [0.29, 0.717) is 12.0 Å². The Kier molecular flexibility index (Phi) is 2.30. The van der Waals surface area contributed by atoms with Gasteiger partial charge in [-0.3, -0.25) is 0 Å². The fourth-order valence-corrected chi connectivity index (χ4v) is 1.22. The standard InChI is InChI=1S/C8H15NO/c1-6(2)4-8-5-7(3)9-10-8/h6,8H,4-5H2,1-3H3. The van der Waals surface area contributed by atoms with Crippen molar-refractivity contribution in [3.8, 4) is 0 Å². The molecule has 1 heterocycles. The highest BCUT2D eigenvalue weighted by atomic mass is 16.6. The van der Waals surface area contributed by atoms with Crippen molar-refractivity contribution in [2.45, 2.75) is 39.7 Å². The van der Waals surface area contributed by atoms with Crippen LogP contribution in [0.2, 0.25) is 0 Å². The van der Waals surface area contributed by atoms with Gasteiger partial charge >= 0.3 is 0 Å². The van der Waals surface area contributed by atoms with E-state index in [9.17, 15) is 0 Å². The van der Waals surface area contributed by atoms with E-state index in [0.717, 1.165) is 18.6 Å². The zero-order valence-corrected chi connectivity index (χ0v) is 6.92. The summed E-state index contributed by atoms with van der Waals surface area (Å²) in [5, 5.41) is 3.89. The lowest BCUT2D eigenvalue weighted by molar-refractivity contribution is 0.0698. The Hall–Kier alpha value is -0.530. The second-order valence-corrected chi connectivity index (χ2v) is 3.39. The van der Waals surface area contributed by atoms with Gasteiger partial charge in [-0.25, -0.2) is 0 Å². The van der Waals surface area contributed by atoms with Gasteiger partial charge in [0, 0.05) is 6.42 Å². The summed E-state index contributed by atoms with van der Waals surface area (Å²) in [7, 11) is 0. The molecule has 2 heteroatoms. The highest BCUT2D eigenvalue weighted by Gasteiger charge is 2.18. The van der Waals surface area contributed by atoms with Crippen LogP contribution in [0.15, 0.2) is 5.16 Å². The highest BCUT2D eigenvalue weighted by Crippen LogP contribution is 2.17. The van der Waals surface area contributed by atoms with Crippen LogP contribution < -0.4 is 0 Å². The van der Waals surface area contributed by atoms with Crippen LogP contribution in [0.1, 0.15) is 33.6 Å². The lowest BCUT2D eigenvalue weighted by Crippen LogP contribution is -2.09. The maximum absolute atomic E-state index is 5.16. The molecule has 0 amide bonds. The Morgan fingerprint density at radius 2 is 2.40 bits per heavy atom. The number of oxime groups is 1. The van der Waals surface area contributed by atoms with Crippen LogP contribution in [0.4, 0.5) is 0 Å². The summed E-state index contributed by atoms with van der Waals surface area (Å²) in [6.07, 6.45) is 2.51. The first-order valence-electron chi connectivity index (χ1n) is 3.87. The molecule has 1 aliphatic rings. The predicted molar refractivity (Wildman–Crippen MR) is 42.1 cm³/mol. The lowest BCUT2D eigenvalue weighted by Gasteiger charge is -2.09. The van der Waals surface area contributed by atoms with Crippen LogP contribution >= 0.6 is 0 Å². The van der Waals surface area contributed by atoms with Crippen molar-refractivity contribution < 1.29 is 4.84 Å². The smallest absolute Gasteiger partial charge is 0.133 e. The number of hydrogen-bond acceptors (Lipinski definition) is 2. The molecule has 2 nitrogen and oxygen atoms in total. The van der Waals surface area contributed by atoms with E-state index in [1.165, 1.54) is 0 Å². The van der Waals surface area contributed by atoms with Gasteiger partial charge in [0.1, 0.15) is 6.10 Å². The molecular formula is C8H15NO. The molecule has 1 rings (SSSR count). The summed E-state index contributed by atoms with van der Waals surface area (Å²) in [5.74, 6) is 0.714. The van der Waals surface area contributed by atoms with E-state index in [1.807, 2.05) is 6.92 Å². The molecule has 0 aliphatic carbocycles. The van der Waals surface area contributed by atoms with Gasteiger partial charge in [-0.05, 0) is 19.3 Å². The van der Waals surface area contributed by atoms with Gasteiger partial charge in [-0.2, -0.15) is 0 Å². The zero-order chi connectivity index (χ0) is 7.56. The van der Waals surface area contributed by atoms with Crippen LogP contribution in [0.25, 0.3) is 0 Å². The molecule has 1 aliphatic heterocycles. The molecule has 0 spiro atoms. The number of nitrogens with zero attached hydrogens (tertiary/aromatic N) is 1. The average Bonchev–Trinajstić information content (AvgIpc) is 2.13.